The lowest BCUT2D eigenvalue weighted by Gasteiger charge is -2.07. The van der Waals surface area contributed by atoms with Gasteiger partial charge in [-0.05, 0) is 36.4 Å². The van der Waals surface area contributed by atoms with Gasteiger partial charge in [0.25, 0.3) is 0 Å². The van der Waals surface area contributed by atoms with Crippen molar-refractivity contribution in [1.82, 2.24) is 19.9 Å². The number of hydrogen-bond acceptors (Lipinski definition) is 6. The Balaban J connectivity index is 1.43. The predicted molar refractivity (Wildman–Crippen MR) is 107 cm³/mol. The van der Waals surface area contributed by atoms with Crippen molar-refractivity contribution in [2.45, 2.75) is 17.5 Å². The van der Waals surface area contributed by atoms with Gasteiger partial charge in [-0.25, -0.2) is 14.1 Å². The molecule has 2 aromatic heterocycles. The van der Waals surface area contributed by atoms with E-state index in [1.807, 2.05) is 30.3 Å². The van der Waals surface area contributed by atoms with Crippen LogP contribution in [0, 0.1) is 5.82 Å². The van der Waals surface area contributed by atoms with E-state index in [4.69, 9.17) is 22.2 Å². The van der Waals surface area contributed by atoms with Crippen molar-refractivity contribution >= 4 is 34.3 Å². The summed E-state index contributed by atoms with van der Waals surface area (Å²) in [5, 5.41) is 10.2. The summed E-state index contributed by atoms with van der Waals surface area (Å²) in [4.78, 5) is 4.42. The largest absolute Gasteiger partial charge is 0.486 e. The van der Waals surface area contributed by atoms with Crippen LogP contribution in [0.5, 0.6) is 5.75 Å². The molecular weight excluding hydrogens is 401 g/mol. The van der Waals surface area contributed by atoms with Crippen LogP contribution in [-0.2, 0) is 12.4 Å². The van der Waals surface area contributed by atoms with Gasteiger partial charge in [0.2, 0.25) is 5.16 Å². The monoisotopic (exact) mass is 415 g/mol. The first-order valence-corrected chi connectivity index (χ1v) is 9.71. The van der Waals surface area contributed by atoms with Gasteiger partial charge < -0.3 is 10.6 Å². The van der Waals surface area contributed by atoms with Crippen molar-refractivity contribution < 1.29 is 9.13 Å². The minimum atomic E-state index is -0.324. The normalized spacial score (nSPS) is 11.1. The third kappa shape index (κ3) is 4.02. The minimum absolute atomic E-state index is 0.119. The van der Waals surface area contributed by atoms with E-state index in [9.17, 15) is 4.39 Å². The molecule has 0 aliphatic carbocycles. The van der Waals surface area contributed by atoms with E-state index in [-0.39, 0.29) is 12.4 Å². The lowest BCUT2D eigenvalue weighted by molar-refractivity contribution is 0.291. The number of nitrogens with two attached hydrogens (primary N) is 1. The summed E-state index contributed by atoms with van der Waals surface area (Å²) in [5.41, 5.74) is 1.74. The van der Waals surface area contributed by atoms with Gasteiger partial charge in [0.15, 0.2) is 5.82 Å². The highest BCUT2D eigenvalue weighted by atomic mass is 35.5. The van der Waals surface area contributed by atoms with E-state index in [0.717, 1.165) is 16.5 Å². The molecule has 0 unspecified atom stereocenters. The highest BCUT2D eigenvalue weighted by Crippen LogP contribution is 2.27. The van der Waals surface area contributed by atoms with E-state index in [1.165, 1.54) is 40.7 Å². The lowest BCUT2D eigenvalue weighted by Crippen LogP contribution is -2.15. The molecule has 0 amide bonds. The summed E-state index contributed by atoms with van der Waals surface area (Å²) >= 11 is 7.70. The molecule has 0 atom stereocenters. The maximum atomic E-state index is 12.9. The first kappa shape index (κ1) is 18.5. The standard InChI is InChI=1S/C19H15ClFN5OS/c20-18-13(9-12-3-1-2-4-16(12)23-18)11-28-19-25-24-17(26(19)22)10-27-15-7-5-14(21)6-8-15/h1-9H,10-11,22H2. The quantitative estimate of drug-likeness (QED) is 0.289. The molecule has 0 radical (unpaired) electrons. The molecule has 0 spiro atoms. The van der Waals surface area contributed by atoms with Crippen LogP contribution in [0.4, 0.5) is 4.39 Å². The number of rotatable bonds is 6. The van der Waals surface area contributed by atoms with Crippen molar-refractivity contribution in [3.05, 3.63) is 77.0 Å². The number of benzene rings is 2. The van der Waals surface area contributed by atoms with Crippen molar-refractivity contribution in [3.8, 4) is 5.75 Å². The summed E-state index contributed by atoms with van der Waals surface area (Å²) < 4.78 is 19.9. The molecule has 0 aliphatic rings. The molecule has 2 N–H and O–H groups in total. The molecule has 28 heavy (non-hydrogen) atoms. The number of hydrogen-bond donors (Lipinski definition) is 1. The Morgan fingerprint density at radius 2 is 1.89 bits per heavy atom. The van der Waals surface area contributed by atoms with Crippen molar-refractivity contribution in [2.75, 3.05) is 5.84 Å². The third-order valence-corrected chi connectivity index (χ3v) is 5.34. The lowest BCUT2D eigenvalue weighted by atomic mass is 10.2. The molecule has 0 bridgehead atoms. The van der Waals surface area contributed by atoms with Crippen LogP contribution in [0.25, 0.3) is 10.9 Å². The van der Waals surface area contributed by atoms with Crippen LogP contribution >= 0.6 is 23.4 Å². The van der Waals surface area contributed by atoms with Gasteiger partial charge in [0, 0.05) is 16.7 Å². The number of fused-ring (bicyclic) bond motifs is 1. The fourth-order valence-corrected chi connectivity index (χ4v) is 3.70. The van der Waals surface area contributed by atoms with E-state index in [0.29, 0.717) is 27.6 Å². The Morgan fingerprint density at radius 1 is 1.11 bits per heavy atom. The fraction of sp³-hybridized carbons (Fsp3) is 0.105. The highest BCUT2D eigenvalue weighted by molar-refractivity contribution is 7.98. The number of nitrogen functional groups attached to an aromatic ring is 1. The molecule has 2 heterocycles. The number of ether oxygens (including phenoxy) is 1. The van der Waals surface area contributed by atoms with Crippen LogP contribution in [0.1, 0.15) is 11.4 Å². The van der Waals surface area contributed by atoms with Crippen molar-refractivity contribution in [2.24, 2.45) is 0 Å². The molecule has 0 saturated carbocycles. The molecule has 9 heteroatoms. The zero-order valence-corrected chi connectivity index (χ0v) is 16.1. The second-order valence-electron chi connectivity index (χ2n) is 5.93. The second kappa shape index (κ2) is 8.04. The summed E-state index contributed by atoms with van der Waals surface area (Å²) in [6, 6.07) is 15.5. The second-order valence-corrected chi connectivity index (χ2v) is 7.23. The van der Waals surface area contributed by atoms with E-state index in [1.54, 1.807) is 0 Å². The van der Waals surface area contributed by atoms with Crippen molar-refractivity contribution in [3.63, 3.8) is 0 Å². The van der Waals surface area contributed by atoms with Crippen molar-refractivity contribution in [1.29, 1.82) is 0 Å². The smallest absolute Gasteiger partial charge is 0.210 e. The van der Waals surface area contributed by atoms with Crippen LogP contribution in [0.15, 0.2) is 59.8 Å². The molecule has 6 nitrogen and oxygen atoms in total. The van der Waals surface area contributed by atoms with Gasteiger partial charge in [-0.1, -0.05) is 41.6 Å². The average molecular weight is 416 g/mol. The van der Waals surface area contributed by atoms with Crippen LogP contribution < -0.4 is 10.6 Å². The SMILES string of the molecule is Nn1c(COc2ccc(F)cc2)nnc1SCc1cc2ccccc2nc1Cl. The minimum Gasteiger partial charge on any atom is -0.486 e. The highest BCUT2D eigenvalue weighted by Gasteiger charge is 2.13. The van der Waals surface area contributed by atoms with Gasteiger partial charge in [-0.3, -0.25) is 0 Å². The Morgan fingerprint density at radius 3 is 2.71 bits per heavy atom. The summed E-state index contributed by atoms with van der Waals surface area (Å²) in [7, 11) is 0. The Labute approximate surface area is 169 Å². The number of pyridine rings is 1. The number of para-hydroxylation sites is 1. The van der Waals surface area contributed by atoms with Gasteiger partial charge in [-0.15, -0.1) is 10.2 Å². The predicted octanol–water partition coefficient (Wildman–Crippen LogP) is 4.20. The number of aromatic nitrogens is 4. The molecule has 0 aliphatic heterocycles. The summed E-state index contributed by atoms with van der Waals surface area (Å²) in [5.74, 6) is 7.26. The van der Waals surface area contributed by atoms with Gasteiger partial charge in [0.1, 0.15) is 23.3 Å². The van der Waals surface area contributed by atoms with E-state index < -0.39 is 0 Å². The maximum Gasteiger partial charge on any atom is 0.210 e. The first-order chi connectivity index (χ1) is 13.6. The van der Waals surface area contributed by atoms with Crippen LogP contribution in [-0.4, -0.2) is 19.9 Å². The fourth-order valence-electron chi connectivity index (χ4n) is 2.56. The van der Waals surface area contributed by atoms with Gasteiger partial charge >= 0.3 is 0 Å². The van der Waals surface area contributed by atoms with Gasteiger partial charge in [-0.2, -0.15) is 0 Å². The Hall–Kier alpha value is -2.84. The topological polar surface area (TPSA) is 78.9 Å². The van der Waals surface area contributed by atoms with Crippen LogP contribution in [0.2, 0.25) is 5.15 Å². The zero-order chi connectivity index (χ0) is 19.5. The molecule has 142 valence electrons. The molecule has 0 saturated heterocycles. The third-order valence-electron chi connectivity index (χ3n) is 4.02. The Kier molecular flexibility index (Phi) is 5.31. The number of nitrogens with zero attached hydrogens (tertiary/aromatic N) is 4. The average Bonchev–Trinajstić information content (AvgIpc) is 3.05. The van der Waals surface area contributed by atoms with Gasteiger partial charge in [0.05, 0.1) is 5.52 Å². The molecule has 4 aromatic rings. The Bertz CT molecular complexity index is 1120. The zero-order valence-electron chi connectivity index (χ0n) is 14.5. The summed E-state index contributed by atoms with van der Waals surface area (Å²) in [6.07, 6.45) is 0. The van der Waals surface area contributed by atoms with Crippen LogP contribution in [0.3, 0.4) is 0 Å². The molecule has 4 rings (SSSR count). The van der Waals surface area contributed by atoms with E-state index in [2.05, 4.69) is 15.2 Å². The maximum absolute atomic E-state index is 12.9. The number of halogens is 2. The molecule has 2 aromatic carbocycles. The summed E-state index contributed by atoms with van der Waals surface area (Å²) in [6.45, 7) is 0.119. The van der Waals surface area contributed by atoms with E-state index >= 15 is 0 Å². The first-order valence-electron chi connectivity index (χ1n) is 8.35. The number of thioether (sulfide) groups is 1. The molecule has 0 fully saturated rings. The molecular formula is C19H15ClFN5OS.